The van der Waals surface area contributed by atoms with Gasteiger partial charge in [-0.15, -0.1) is 0 Å². The Bertz CT molecular complexity index is 490. The standard InChI is InChI=1S/C14H17ClN2O2/c1-16-13(18)11-5-3-7-17(9-11)14(19)10-4-2-6-12(15)8-10/h2,4,6,8,11H,3,5,7,9H2,1H3,(H,16,18). The number of hydrogen-bond donors (Lipinski definition) is 1. The number of rotatable bonds is 2. The lowest BCUT2D eigenvalue weighted by molar-refractivity contribution is -0.125. The molecule has 0 aromatic heterocycles. The number of nitrogens with one attached hydrogen (secondary N) is 1. The van der Waals surface area contributed by atoms with E-state index in [1.54, 1.807) is 36.2 Å². The smallest absolute Gasteiger partial charge is 0.253 e. The Kier molecular flexibility index (Phi) is 4.43. The topological polar surface area (TPSA) is 49.4 Å². The molecule has 1 saturated heterocycles. The summed E-state index contributed by atoms with van der Waals surface area (Å²) in [5.41, 5.74) is 0.574. The molecule has 102 valence electrons. The highest BCUT2D eigenvalue weighted by molar-refractivity contribution is 6.30. The fourth-order valence-electron chi connectivity index (χ4n) is 2.38. The van der Waals surface area contributed by atoms with Crippen LogP contribution >= 0.6 is 11.6 Å². The van der Waals surface area contributed by atoms with Crippen LogP contribution in [0.5, 0.6) is 0 Å². The molecule has 1 atom stereocenters. The van der Waals surface area contributed by atoms with Crippen LogP contribution in [-0.2, 0) is 4.79 Å². The summed E-state index contributed by atoms with van der Waals surface area (Å²) in [6.07, 6.45) is 1.68. The molecule has 2 amide bonds. The zero-order chi connectivity index (χ0) is 13.8. The van der Waals surface area contributed by atoms with Crippen molar-refractivity contribution in [2.24, 2.45) is 5.92 Å². The van der Waals surface area contributed by atoms with Gasteiger partial charge >= 0.3 is 0 Å². The molecule has 0 spiro atoms. The average molecular weight is 281 g/mol. The van der Waals surface area contributed by atoms with E-state index in [1.165, 1.54) is 0 Å². The number of likely N-dealkylation sites (tertiary alicyclic amines) is 1. The normalized spacial score (nSPS) is 19.1. The molecular formula is C14H17ClN2O2. The Hall–Kier alpha value is -1.55. The third kappa shape index (κ3) is 3.26. The molecule has 1 unspecified atom stereocenters. The summed E-state index contributed by atoms with van der Waals surface area (Å²) in [5.74, 6) is -0.165. The van der Waals surface area contributed by atoms with E-state index in [4.69, 9.17) is 11.6 Å². The molecular weight excluding hydrogens is 264 g/mol. The molecule has 1 fully saturated rings. The molecule has 0 radical (unpaired) electrons. The van der Waals surface area contributed by atoms with Gasteiger partial charge in [0.15, 0.2) is 0 Å². The van der Waals surface area contributed by atoms with E-state index in [0.717, 1.165) is 12.8 Å². The molecule has 1 aromatic carbocycles. The minimum Gasteiger partial charge on any atom is -0.359 e. The van der Waals surface area contributed by atoms with E-state index < -0.39 is 0 Å². The van der Waals surface area contributed by atoms with Crippen molar-refractivity contribution in [2.45, 2.75) is 12.8 Å². The van der Waals surface area contributed by atoms with Crippen molar-refractivity contribution in [3.63, 3.8) is 0 Å². The lowest BCUT2D eigenvalue weighted by Gasteiger charge is -2.31. The van der Waals surface area contributed by atoms with Crippen LogP contribution in [0.4, 0.5) is 0 Å². The molecule has 1 heterocycles. The highest BCUT2D eigenvalue weighted by Gasteiger charge is 2.28. The van der Waals surface area contributed by atoms with Gasteiger partial charge in [0.25, 0.3) is 5.91 Å². The number of nitrogens with zero attached hydrogens (tertiary/aromatic N) is 1. The maximum atomic E-state index is 12.3. The van der Waals surface area contributed by atoms with Crippen LogP contribution < -0.4 is 5.32 Å². The fraction of sp³-hybridized carbons (Fsp3) is 0.429. The first-order valence-electron chi connectivity index (χ1n) is 6.38. The van der Waals surface area contributed by atoms with E-state index in [2.05, 4.69) is 5.32 Å². The molecule has 0 saturated carbocycles. The number of halogens is 1. The van der Waals surface area contributed by atoms with Crippen molar-refractivity contribution in [3.05, 3.63) is 34.9 Å². The number of amides is 2. The molecule has 1 aliphatic heterocycles. The van der Waals surface area contributed by atoms with E-state index >= 15 is 0 Å². The molecule has 19 heavy (non-hydrogen) atoms. The second kappa shape index (κ2) is 6.06. The maximum Gasteiger partial charge on any atom is 0.253 e. The summed E-state index contributed by atoms with van der Waals surface area (Å²) in [7, 11) is 1.63. The summed E-state index contributed by atoms with van der Waals surface area (Å²) in [6, 6.07) is 6.91. The Labute approximate surface area is 117 Å². The molecule has 2 rings (SSSR count). The van der Waals surface area contributed by atoms with E-state index in [1.807, 2.05) is 0 Å². The van der Waals surface area contributed by atoms with Gasteiger partial charge in [0, 0.05) is 30.7 Å². The van der Waals surface area contributed by atoms with Crippen LogP contribution in [0.1, 0.15) is 23.2 Å². The Morgan fingerprint density at radius 3 is 2.89 bits per heavy atom. The van der Waals surface area contributed by atoms with Crippen LogP contribution in [0.25, 0.3) is 0 Å². The second-order valence-electron chi connectivity index (χ2n) is 4.71. The minimum absolute atomic E-state index is 0.00333. The zero-order valence-corrected chi connectivity index (χ0v) is 11.6. The minimum atomic E-state index is -0.109. The van der Waals surface area contributed by atoms with E-state index in [-0.39, 0.29) is 17.7 Å². The van der Waals surface area contributed by atoms with Gasteiger partial charge in [-0.25, -0.2) is 0 Å². The predicted molar refractivity (Wildman–Crippen MR) is 74.1 cm³/mol. The number of benzene rings is 1. The van der Waals surface area contributed by atoms with Crippen LogP contribution in [0, 0.1) is 5.92 Å². The highest BCUT2D eigenvalue weighted by Crippen LogP contribution is 2.20. The quantitative estimate of drug-likeness (QED) is 0.900. The third-order valence-electron chi connectivity index (χ3n) is 3.40. The van der Waals surface area contributed by atoms with Crippen LogP contribution in [0.2, 0.25) is 5.02 Å². The SMILES string of the molecule is CNC(=O)C1CCCN(C(=O)c2cccc(Cl)c2)C1. The van der Waals surface area contributed by atoms with E-state index in [0.29, 0.717) is 23.7 Å². The van der Waals surface area contributed by atoms with Crippen molar-refractivity contribution < 1.29 is 9.59 Å². The fourth-order valence-corrected chi connectivity index (χ4v) is 2.57. The maximum absolute atomic E-state index is 12.3. The van der Waals surface area contributed by atoms with Crippen molar-refractivity contribution in [1.29, 1.82) is 0 Å². The highest BCUT2D eigenvalue weighted by atomic mass is 35.5. The molecule has 0 bridgehead atoms. The first-order valence-corrected chi connectivity index (χ1v) is 6.76. The second-order valence-corrected chi connectivity index (χ2v) is 5.15. The number of carbonyl (C=O) groups is 2. The molecule has 1 aliphatic rings. The van der Waals surface area contributed by atoms with Gasteiger partial charge in [-0.3, -0.25) is 9.59 Å². The Morgan fingerprint density at radius 1 is 1.42 bits per heavy atom. The predicted octanol–water partition coefficient (Wildman–Crippen LogP) is 1.94. The van der Waals surface area contributed by atoms with Crippen LogP contribution in [0.15, 0.2) is 24.3 Å². The molecule has 0 aliphatic carbocycles. The van der Waals surface area contributed by atoms with Gasteiger partial charge in [0.05, 0.1) is 5.92 Å². The van der Waals surface area contributed by atoms with Gasteiger partial charge in [-0.1, -0.05) is 17.7 Å². The number of carbonyl (C=O) groups excluding carboxylic acids is 2. The Morgan fingerprint density at radius 2 is 2.21 bits per heavy atom. The van der Waals surface area contributed by atoms with E-state index in [9.17, 15) is 9.59 Å². The number of hydrogen-bond acceptors (Lipinski definition) is 2. The van der Waals surface area contributed by atoms with Gasteiger partial charge < -0.3 is 10.2 Å². The zero-order valence-electron chi connectivity index (χ0n) is 10.9. The van der Waals surface area contributed by atoms with Gasteiger partial charge in [-0.2, -0.15) is 0 Å². The Balaban J connectivity index is 2.09. The van der Waals surface area contributed by atoms with Crippen molar-refractivity contribution in [3.8, 4) is 0 Å². The summed E-state index contributed by atoms with van der Waals surface area (Å²) in [6.45, 7) is 1.17. The van der Waals surface area contributed by atoms with Crippen molar-refractivity contribution in [2.75, 3.05) is 20.1 Å². The van der Waals surface area contributed by atoms with Crippen LogP contribution in [-0.4, -0.2) is 36.9 Å². The summed E-state index contributed by atoms with van der Waals surface area (Å²) in [4.78, 5) is 25.7. The van der Waals surface area contributed by atoms with Gasteiger partial charge in [-0.05, 0) is 31.0 Å². The summed E-state index contributed by atoms with van der Waals surface area (Å²) < 4.78 is 0. The average Bonchev–Trinajstić information content (AvgIpc) is 2.45. The lowest BCUT2D eigenvalue weighted by atomic mass is 9.96. The largest absolute Gasteiger partial charge is 0.359 e. The number of piperidine rings is 1. The van der Waals surface area contributed by atoms with Crippen molar-refractivity contribution in [1.82, 2.24) is 10.2 Å². The molecule has 1 N–H and O–H groups in total. The van der Waals surface area contributed by atoms with Gasteiger partial charge in [0.1, 0.15) is 0 Å². The molecule has 5 heteroatoms. The monoisotopic (exact) mass is 280 g/mol. The molecule has 1 aromatic rings. The third-order valence-corrected chi connectivity index (χ3v) is 3.63. The van der Waals surface area contributed by atoms with Gasteiger partial charge in [0.2, 0.25) is 5.91 Å². The van der Waals surface area contributed by atoms with Crippen LogP contribution in [0.3, 0.4) is 0 Å². The summed E-state index contributed by atoms with van der Waals surface area (Å²) in [5, 5.41) is 3.19. The lowest BCUT2D eigenvalue weighted by Crippen LogP contribution is -2.44. The van der Waals surface area contributed by atoms with Crippen molar-refractivity contribution >= 4 is 23.4 Å². The summed E-state index contributed by atoms with van der Waals surface area (Å²) >= 11 is 5.89. The molecule has 4 nitrogen and oxygen atoms in total. The first kappa shape index (κ1) is 13.9. The first-order chi connectivity index (χ1) is 9.11.